The molecule has 0 saturated carbocycles. The molecule has 4 heteroatoms. The zero-order valence-corrected chi connectivity index (χ0v) is 12.8. The summed E-state index contributed by atoms with van der Waals surface area (Å²) in [6.45, 7) is 8.16. The number of halogens is 2. The van der Waals surface area contributed by atoms with Crippen molar-refractivity contribution in [2.75, 3.05) is 26.7 Å². The first-order chi connectivity index (χ1) is 8.38. The van der Waals surface area contributed by atoms with E-state index in [2.05, 4.69) is 46.6 Å². The van der Waals surface area contributed by atoms with Crippen LogP contribution in [0.4, 0.5) is 4.39 Å². The molecule has 2 rings (SSSR count). The van der Waals surface area contributed by atoms with Crippen molar-refractivity contribution in [1.29, 1.82) is 0 Å². The van der Waals surface area contributed by atoms with Crippen LogP contribution in [0.3, 0.4) is 0 Å². The van der Waals surface area contributed by atoms with Gasteiger partial charge < -0.3 is 0 Å². The second kappa shape index (κ2) is 5.27. The Morgan fingerprint density at radius 1 is 1.33 bits per heavy atom. The molecular formula is C14H20BrFN2. The van der Waals surface area contributed by atoms with Gasteiger partial charge in [0.05, 0.1) is 0 Å². The number of benzene rings is 1. The average Bonchev–Trinajstić information content (AvgIpc) is 2.27. The van der Waals surface area contributed by atoms with E-state index in [-0.39, 0.29) is 11.4 Å². The Morgan fingerprint density at radius 2 is 2.06 bits per heavy atom. The third-order valence-corrected chi connectivity index (χ3v) is 4.30. The normalized spacial score (nSPS) is 21.2. The van der Waals surface area contributed by atoms with Gasteiger partial charge in [0.1, 0.15) is 5.82 Å². The van der Waals surface area contributed by atoms with Crippen molar-refractivity contribution in [3.63, 3.8) is 0 Å². The van der Waals surface area contributed by atoms with Crippen LogP contribution in [0.15, 0.2) is 22.7 Å². The quantitative estimate of drug-likeness (QED) is 0.827. The average molecular weight is 315 g/mol. The summed E-state index contributed by atoms with van der Waals surface area (Å²) in [5, 5.41) is 0. The van der Waals surface area contributed by atoms with Gasteiger partial charge >= 0.3 is 0 Å². The number of rotatable bonds is 2. The van der Waals surface area contributed by atoms with Crippen molar-refractivity contribution in [1.82, 2.24) is 9.80 Å². The van der Waals surface area contributed by atoms with Gasteiger partial charge in [-0.1, -0.05) is 22.0 Å². The molecule has 1 aliphatic rings. The molecule has 1 aromatic rings. The fraction of sp³-hybridized carbons (Fsp3) is 0.571. The highest BCUT2D eigenvalue weighted by molar-refractivity contribution is 9.10. The first-order valence-electron chi connectivity index (χ1n) is 6.26. The highest BCUT2D eigenvalue weighted by atomic mass is 79.9. The second-order valence-corrected chi connectivity index (χ2v) is 6.60. The van der Waals surface area contributed by atoms with Gasteiger partial charge in [0.15, 0.2) is 0 Å². The second-order valence-electron chi connectivity index (χ2n) is 5.68. The Hall–Kier alpha value is -0.450. The summed E-state index contributed by atoms with van der Waals surface area (Å²) in [7, 11) is 2.15. The molecule has 0 spiro atoms. The molecule has 0 radical (unpaired) electrons. The number of hydrogen-bond acceptors (Lipinski definition) is 2. The van der Waals surface area contributed by atoms with E-state index < -0.39 is 0 Å². The van der Waals surface area contributed by atoms with E-state index in [1.807, 2.05) is 12.1 Å². The van der Waals surface area contributed by atoms with Crippen LogP contribution in [0.5, 0.6) is 0 Å². The van der Waals surface area contributed by atoms with E-state index >= 15 is 0 Å². The Balaban J connectivity index is 2.06. The fourth-order valence-corrected chi connectivity index (χ4v) is 2.70. The third-order valence-electron chi connectivity index (χ3n) is 3.80. The molecule has 1 heterocycles. The summed E-state index contributed by atoms with van der Waals surface area (Å²) in [5.41, 5.74) is 0.933. The summed E-state index contributed by atoms with van der Waals surface area (Å²) in [5.74, 6) is -0.124. The monoisotopic (exact) mass is 314 g/mol. The number of likely N-dealkylation sites (N-methyl/N-ethyl adjacent to an activating group) is 1. The fourth-order valence-electron chi connectivity index (χ4n) is 2.37. The predicted molar refractivity (Wildman–Crippen MR) is 76.1 cm³/mol. The molecule has 2 nitrogen and oxygen atoms in total. The van der Waals surface area contributed by atoms with Gasteiger partial charge in [-0.25, -0.2) is 4.39 Å². The van der Waals surface area contributed by atoms with Crippen molar-refractivity contribution in [2.24, 2.45) is 0 Å². The number of nitrogens with zero attached hydrogens (tertiary/aromatic N) is 2. The SMILES string of the molecule is CN1CCN(Cc2ccc(Br)cc2F)CC1(C)C. The van der Waals surface area contributed by atoms with E-state index in [1.165, 1.54) is 6.07 Å². The minimum Gasteiger partial charge on any atom is -0.299 e. The molecule has 1 saturated heterocycles. The molecule has 0 aliphatic carbocycles. The Kier molecular flexibility index (Phi) is 4.09. The van der Waals surface area contributed by atoms with E-state index in [9.17, 15) is 4.39 Å². The van der Waals surface area contributed by atoms with E-state index in [0.717, 1.165) is 29.7 Å². The smallest absolute Gasteiger partial charge is 0.128 e. The topological polar surface area (TPSA) is 6.48 Å². The molecular weight excluding hydrogens is 295 g/mol. The van der Waals surface area contributed by atoms with Crippen molar-refractivity contribution in [2.45, 2.75) is 25.9 Å². The first kappa shape index (κ1) is 14.0. The van der Waals surface area contributed by atoms with Gasteiger partial charge in [0.2, 0.25) is 0 Å². The minimum atomic E-state index is -0.124. The predicted octanol–water partition coefficient (Wildman–Crippen LogP) is 3.11. The maximum atomic E-state index is 13.8. The van der Waals surface area contributed by atoms with Crippen LogP contribution in [-0.2, 0) is 6.54 Å². The van der Waals surface area contributed by atoms with Gasteiger partial charge in [0.25, 0.3) is 0 Å². The molecule has 1 aromatic carbocycles. The lowest BCUT2D eigenvalue weighted by atomic mass is 9.99. The highest BCUT2D eigenvalue weighted by Crippen LogP contribution is 2.22. The zero-order chi connectivity index (χ0) is 13.3. The number of piperazine rings is 1. The van der Waals surface area contributed by atoms with E-state index in [4.69, 9.17) is 0 Å². The summed E-state index contributed by atoms with van der Waals surface area (Å²) in [6.07, 6.45) is 0. The third kappa shape index (κ3) is 3.11. The molecule has 0 atom stereocenters. The summed E-state index contributed by atoms with van der Waals surface area (Å²) >= 11 is 3.29. The van der Waals surface area contributed by atoms with Gasteiger partial charge in [-0.2, -0.15) is 0 Å². The van der Waals surface area contributed by atoms with Crippen LogP contribution >= 0.6 is 15.9 Å². The van der Waals surface area contributed by atoms with E-state index in [1.54, 1.807) is 0 Å². The lowest BCUT2D eigenvalue weighted by molar-refractivity contribution is 0.0355. The van der Waals surface area contributed by atoms with Crippen LogP contribution in [0, 0.1) is 5.82 Å². The zero-order valence-electron chi connectivity index (χ0n) is 11.2. The standard InChI is InChI=1S/C14H20BrFN2/c1-14(2)10-18(7-6-17(14)3)9-11-4-5-12(15)8-13(11)16/h4-5,8H,6-7,9-10H2,1-3H3. The largest absolute Gasteiger partial charge is 0.299 e. The molecule has 0 N–H and O–H groups in total. The molecule has 0 amide bonds. The summed E-state index contributed by atoms with van der Waals surface area (Å²) in [4.78, 5) is 4.69. The molecule has 18 heavy (non-hydrogen) atoms. The minimum absolute atomic E-state index is 0.124. The molecule has 0 unspecified atom stereocenters. The van der Waals surface area contributed by atoms with E-state index in [0.29, 0.717) is 6.54 Å². The highest BCUT2D eigenvalue weighted by Gasteiger charge is 2.31. The molecule has 100 valence electrons. The van der Waals surface area contributed by atoms with Gasteiger partial charge in [-0.15, -0.1) is 0 Å². The maximum absolute atomic E-state index is 13.8. The summed E-state index contributed by atoms with van der Waals surface area (Å²) < 4.78 is 14.6. The number of hydrogen-bond donors (Lipinski definition) is 0. The molecule has 1 aliphatic heterocycles. The van der Waals surface area contributed by atoms with Gasteiger partial charge in [-0.3, -0.25) is 9.80 Å². The Labute approximate surface area is 117 Å². The van der Waals surface area contributed by atoms with Crippen molar-refractivity contribution in [3.8, 4) is 0 Å². The van der Waals surface area contributed by atoms with Gasteiger partial charge in [0, 0.05) is 41.8 Å². The Morgan fingerprint density at radius 3 is 2.67 bits per heavy atom. The Bertz CT molecular complexity index is 434. The lowest BCUT2D eigenvalue weighted by Gasteiger charge is -2.45. The maximum Gasteiger partial charge on any atom is 0.128 e. The van der Waals surface area contributed by atoms with Crippen LogP contribution in [0.1, 0.15) is 19.4 Å². The van der Waals surface area contributed by atoms with Crippen molar-refractivity contribution in [3.05, 3.63) is 34.1 Å². The van der Waals surface area contributed by atoms with Crippen LogP contribution in [0.2, 0.25) is 0 Å². The van der Waals surface area contributed by atoms with Gasteiger partial charge in [-0.05, 0) is 33.0 Å². The summed E-state index contributed by atoms with van der Waals surface area (Å²) in [6, 6.07) is 5.31. The lowest BCUT2D eigenvalue weighted by Crippen LogP contribution is -2.57. The molecule has 1 fully saturated rings. The first-order valence-corrected chi connectivity index (χ1v) is 7.05. The van der Waals surface area contributed by atoms with Crippen LogP contribution in [0.25, 0.3) is 0 Å². The molecule has 0 aromatic heterocycles. The van der Waals surface area contributed by atoms with Crippen LogP contribution < -0.4 is 0 Å². The molecule has 0 bridgehead atoms. The van der Waals surface area contributed by atoms with Crippen molar-refractivity contribution < 1.29 is 4.39 Å². The van der Waals surface area contributed by atoms with Crippen LogP contribution in [-0.4, -0.2) is 42.0 Å². The van der Waals surface area contributed by atoms with Crippen molar-refractivity contribution >= 4 is 15.9 Å².